The maximum atomic E-state index is 12.0. The average molecular weight is 306 g/mol. The summed E-state index contributed by atoms with van der Waals surface area (Å²) in [5.74, 6) is 1.68. The molecule has 1 fully saturated rings. The number of carbonyl (C=O) groups excluding carboxylic acids is 1. The van der Waals surface area contributed by atoms with Gasteiger partial charge in [0.25, 0.3) is 0 Å². The third-order valence-electron chi connectivity index (χ3n) is 3.88. The third-order valence-corrected chi connectivity index (χ3v) is 3.88. The molecule has 1 saturated heterocycles. The summed E-state index contributed by atoms with van der Waals surface area (Å²) in [4.78, 5) is 12.0. The molecule has 1 aromatic carbocycles. The largest absolute Gasteiger partial charge is 0.493 e. The fourth-order valence-corrected chi connectivity index (χ4v) is 2.48. The van der Waals surface area contributed by atoms with Crippen LogP contribution >= 0.6 is 0 Å². The highest BCUT2D eigenvalue weighted by Crippen LogP contribution is 2.28. The molecule has 0 aliphatic carbocycles. The summed E-state index contributed by atoms with van der Waals surface area (Å²) < 4.78 is 11.1. The Morgan fingerprint density at radius 1 is 1.41 bits per heavy atom. The van der Waals surface area contributed by atoms with E-state index in [2.05, 4.69) is 17.6 Å². The smallest absolute Gasteiger partial charge is 0.224 e. The van der Waals surface area contributed by atoms with Crippen LogP contribution in [0.3, 0.4) is 0 Å². The Morgan fingerprint density at radius 2 is 2.27 bits per heavy atom. The van der Waals surface area contributed by atoms with Crippen LogP contribution in [0.4, 0.5) is 0 Å². The van der Waals surface area contributed by atoms with Crippen molar-refractivity contribution in [2.24, 2.45) is 5.92 Å². The zero-order chi connectivity index (χ0) is 15.8. The van der Waals surface area contributed by atoms with Crippen LogP contribution in [0.5, 0.6) is 11.5 Å². The molecule has 0 aromatic heterocycles. The monoisotopic (exact) mass is 306 g/mol. The molecule has 122 valence electrons. The lowest BCUT2D eigenvalue weighted by atomic mass is 10.1. The molecule has 5 nitrogen and oxygen atoms in total. The molecule has 1 atom stereocenters. The lowest BCUT2D eigenvalue weighted by Gasteiger charge is -2.13. The highest BCUT2D eigenvalue weighted by molar-refractivity contribution is 5.79. The summed E-state index contributed by atoms with van der Waals surface area (Å²) >= 11 is 0. The minimum absolute atomic E-state index is 0.0959. The van der Waals surface area contributed by atoms with Gasteiger partial charge in [-0.15, -0.1) is 0 Å². The maximum absolute atomic E-state index is 12.0. The Labute approximate surface area is 132 Å². The van der Waals surface area contributed by atoms with Gasteiger partial charge in [-0.1, -0.05) is 19.4 Å². The molecule has 2 rings (SSSR count). The SMILES string of the molecule is CCCCOc1ccc(CNC(=O)C2CCNC2)cc1OC. The van der Waals surface area contributed by atoms with Crippen molar-refractivity contribution in [2.45, 2.75) is 32.7 Å². The van der Waals surface area contributed by atoms with Crippen LogP contribution in [-0.2, 0) is 11.3 Å². The van der Waals surface area contributed by atoms with E-state index in [0.717, 1.165) is 43.7 Å². The van der Waals surface area contributed by atoms with Crippen molar-refractivity contribution in [3.63, 3.8) is 0 Å². The van der Waals surface area contributed by atoms with Gasteiger partial charge in [0.1, 0.15) is 0 Å². The van der Waals surface area contributed by atoms with Crippen LogP contribution in [0.25, 0.3) is 0 Å². The highest BCUT2D eigenvalue weighted by Gasteiger charge is 2.21. The number of carbonyl (C=O) groups is 1. The molecule has 1 unspecified atom stereocenters. The Kier molecular flexibility index (Phi) is 6.52. The van der Waals surface area contributed by atoms with Gasteiger partial charge in [-0.2, -0.15) is 0 Å². The van der Waals surface area contributed by atoms with Gasteiger partial charge in [0.2, 0.25) is 5.91 Å². The van der Waals surface area contributed by atoms with Crippen molar-refractivity contribution in [1.82, 2.24) is 10.6 Å². The number of methoxy groups -OCH3 is 1. The molecule has 0 saturated carbocycles. The van der Waals surface area contributed by atoms with Crippen LogP contribution in [0, 0.1) is 5.92 Å². The predicted octanol–water partition coefficient (Wildman–Crippen LogP) is 2.10. The molecule has 1 aliphatic heterocycles. The number of nitrogens with one attached hydrogen (secondary N) is 2. The fourth-order valence-electron chi connectivity index (χ4n) is 2.48. The molecule has 0 bridgehead atoms. The zero-order valence-corrected chi connectivity index (χ0v) is 13.5. The lowest BCUT2D eigenvalue weighted by molar-refractivity contribution is -0.124. The van der Waals surface area contributed by atoms with E-state index in [9.17, 15) is 4.79 Å². The first-order chi connectivity index (χ1) is 10.7. The maximum Gasteiger partial charge on any atom is 0.224 e. The number of ether oxygens (including phenoxy) is 2. The second-order valence-corrected chi connectivity index (χ2v) is 5.59. The van der Waals surface area contributed by atoms with Gasteiger partial charge in [-0.25, -0.2) is 0 Å². The summed E-state index contributed by atoms with van der Waals surface area (Å²) in [5.41, 5.74) is 1.01. The molecule has 1 aliphatic rings. The van der Waals surface area contributed by atoms with E-state index >= 15 is 0 Å². The lowest BCUT2D eigenvalue weighted by Crippen LogP contribution is -2.31. The molecule has 1 amide bonds. The van der Waals surface area contributed by atoms with E-state index in [1.807, 2.05) is 18.2 Å². The second-order valence-electron chi connectivity index (χ2n) is 5.59. The number of amides is 1. The van der Waals surface area contributed by atoms with Crippen LogP contribution in [-0.4, -0.2) is 32.7 Å². The van der Waals surface area contributed by atoms with E-state index in [4.69, 9.17) is 9.47 Å². The normalized spacial score (nSPS) is 17.3. The molecule has 2 N–H and O–H groups in total. The van der Waals surface area contributed by atoms with Gasteiger partial charge < -0.3 is 20.1 Å². The predicted molar refractivity (Wildman–Crippen MR) is 86.2 cm³/mol. The van der Waals surface area contributed by atoms with Gasteiger partial charge in [0.05, 0.1) is 19.6 Å². The van der Waals surface area contributed by atoms with E-state index < -0.39 is 0 Å². The van der Waals surface area contributed by atoms with Gasteiger partial charge >= 0.3 is 0 Å². The number of benzene rings is 1. The fraction of sp³-hybridized carbons (Fsp3) is 0.588. The van der Waals surface area contributed by atoms with E-state index in [0.29, 0.717) is 18.9 Å². The summed E-state index contributed by atoms with van der Waals surface area (Å²) in [6.45, 7) is 5.04. The standard InChI is InChI=1S/C17H26N2O3/c1-3-4-9-22-15-6-5-13(10-16(15)21-2)11-19-17(20)14-7-8-18-12-14/h5-6,10,14,18H,3-4,7-9,11-12H2,1-2H3,(H,19,20). The van der Waals surface area contributed by atoms with Crippen molar-refractivity contribution < 1.29 is 14.3 Å². The first kappa shape index (κ1) is 16.6. The van der Waals surface area contributed by atoms with Crippen LogP contribution < -0.4 is 20.1 Å². The molecule has 1 aromatic rings. The van der Waals surface area contributed by atoms with Gasteiger partial charge in [-0.3, -0.25) is 4.79 Å². The third kappa shape index (κ3) is 4.63. The minimum Gasteiger partial charge on any atom is -0.493 e. The Balaban J connectivity index is 1.89. The second kappa shape index (κ2) is 8.63. The highest BCUT2D eigenvalue weighted by atomic mass is 16.5. The Hall–Kier alpha value is -1.75. The number of unbranched alkanes of at least 4 members (excludes halogenated alkanes) is 1. The Bertz CT molecular complexity index is 485. The van der Waals surface area contributed by atoms with Crippen molar-refractivity contribution in [1.29, 1.82) is 0 Å². The minimum atomic E-state index is 0.0959. The summed E-state index contributed by atoms with van der Waals surface area (Å²) in [5, 5.41) is 6.19. The topological polar surface area (TPSA) is 59.6 Å². The molecule has 22 heavy (non-hydrogen) atoms. The summed E-state index contributed by atoms with van der Waals surface area (Å²) in [7, 11) is 1.63. The Morgan fingerprint density at radius 3 is 2.95 bits per heavy atom. The van der Waals surface area contributed by atoms with Crippen LogP contribution in [0.1, 0.15) is 31.7 Å². The molecular formula is C17H26N2O3. The van der Waals surface area contributed by atoms with Crippen LogP contribution in [0.2, 0.25) is 0 Å². The first-order valence-electron chi connectivity index (χ1n) is 8.02. The van der Waals surface area contributed by atoms with Gasteiger partial charge in [0, 0.05) is 13.1 Å². The number of hydrogen-bond acceptors (Lipinski definition) is 4. The molecule has 5 heteroatoms. The van der Waals surface area contributed by atoms with Crippen molar-refractivity contribution in [3.8, 4) is 11.5 Å². The number of hydrogen-bond donors (Lipinski definition) is 2. The van der Waals surface area contributed by atoms with Gasteiger partial charge in [-0.05, 0) is 37.1 Å². The number of rotatable bonds is 8. The molecule has 1 heterocycles. The summed E-state index contributed by atoms with van der Waals surface area (Å²) in [6.07, 6.45) is 3.04. The van der Waals surface area contributed by atoms with Gasteiger partial charge in [0.15, 0.2) is 11.5 Å². The molecule has 0 radical (unpaired) electrons. The zero-order valence-electron chi connectivity index (χ0n) is 13.5. The van der Waals surface area contributed by atoms with Crippen molar-refractivity contribution >= 4 is 5.91 Å². The quantitative estimate of drug-likeness (QED) is 0.722. The van der Waals surface area contributed by atoms with E-state index in [1.54, 1.807) is 7.11 Å². The molecule has 0 spiro atoms. The van der Waals surface area contributed by atoms with Crippen molar-refractivity contribution in [2.75, 3.05) is 26.8 Å². The van der Waals surface area contributed by atoms with Crippen molar-refractivity contribution in [3.05, 3.63) is 23.8 Å². The van der Waals surface area contributed by atoms with E-state index in [-0.39, 0.29) is 11.8 Å². The summed E-state index contributed by atoms with van der Waals surface area (Å²) in [6, 6.07) is 5.80. The molecular weight excluding hydrogens is 280 g/mol. The van der Waals surface area contributed by atoms with E-state index in [1.165, 1.54) is 0 Å². The average Bonchev–Trinajstić information content (AvgIpc) is 3.08. The first-order valence-corrected chi connectivity index (χ1v) is 8.02. The van der Waals surface area contributed by atoms with Crippen LogP contribution in [0.15, 0.2) is 18.2 Å².